The van der Waals surface area contributed by atoms with Gasteiger partial charge in [0.15, 0.2) is 5.96 Å². The molecule has 3 rings (SSSR count). The van der Waals surface area contributed by atoms with Crippen molar-refractivity contribution in [3.8, 4) is 0 Å². The number of piperidine rings is 2. The van der Waals surface area contributed by atoms with Crippen molar-refractivity contribution in [2.24, 2.45) is 4.99 Å². The van der Waals surface area contributed by atoms with Gasteiger partial charge in [0, 0.05) is 34.8 Å². The summed E-state index contributed by atoms with van der Waals surface area (Å²) in [4.78, 5) is 8.81. The maximum atomic E-state index is 4.88. The first-order valence-electron chi connectivity index (χ1n) is 10.1. The van der Waals surface area contributed by atoms with Crippen LogP contribution in [0.5, 0.6) is 0 Å². The van der Waals surface area contributed by atoms with Crippen molar-refractivity contribution < 1.29 is 0 Å². The maximum absolute atomic E-state index is 4.88. The van der Waals surface area contributed by atoms with Gasteiger partial charge >= 0.3 is 0 Å². The molecule has 1 aromatic carbocycles. The van der Waals surface area contributed by atoms with Gasteiger partial charge < -0.3 is 15.5 Å². The van der Waals surface area contributed by atoms with E-state index in [-0.39, 0.29) is 0 Å². The molecule has 2 bridgehead atoms. The molecular formula is C21H34N4S. The molecule has 0 aromatic heterocycles. The fourth-order valence-corrected chi connectivity index (χ4v) is 5.16. The number of thioether (sulfide) groups is 1. The lowest BCUT2D eigenvalue weighted by Crippen LogP contribution is -2.56. The quantitative estimate of drug-likeness (QED) is 0.452. The van der Waals surface area contributed by atoms with E-state index in [9.17, 15) is 0 Å². The Morgan fingerprint density at radius 3 is 2.58 bits per heavy atom. The zero-order valence-corrected chi connectivity index (χ0v) is 17.3. The van der Waals surface area contributed by atoms with E-state index in [0.29, 0.717) is 11.3 Å². The minimum Gasteiger partial charge on any atom is -0.357 e. The van der Waals surface area contributed by atoms with Crippen molar-refractivity contribution in [2.75, 3.05) is 20.1 Å². The van der Waals surface area contributed by atoms with Gasteiger partial charge in [-0.3, -0.25) is 4.99 Å². The molecule has 5 heteroatoms. The number of nitrogens with zero attached hydrogens (tertiary/aromatic N) is 2. The van der Waals surface area contributed by atoms with Crippen LogP contribution in [0.15, 0.2) is 40.2 Å². The Morgan fingerprint density at radius 2 is 1.92 bits per heavy atom. The van der Waals surface area contributed by atoms with E-state index in [4.69, 9.17) is 4.99 Å². The summed E-state index contributed by atoms with van der Waals surface area (Å²) in [6.07, 6.45) is 6.58. The summed E-state index contributed by atoms with van der Waals surface area (Å²) >= 11 is 1.89. The van der Waals surface area contributed by atoms with Gasteiger partial charge in [-0.05, 0) is 51.8 Å². The van der Waals surface area contributed by atoms with Gasteiger partial charge in [0.2, 0.25) is 0 Å². The summed E-state index contributed by atoms with van der Waals surface area (Å²) < 4.78 is 0. The third-order valence-electron chi connectivity index (χ3n) is 5.61. The lowest BCUT2D eigenvalue weighted by Gasteiger charge is -2.47. The van der Waals surface area contributed by atoms with Crippen LogP contribution in [0, 0.1) is 0 Å². The lowest BCUT2D eigenvalue weighted by molar-refractivity contribution is 0.0526. The van der Waals surface area contributed by atoms with Gasteiger partial charge in [0.1, 0.15) is 0 Å². The molecule has 0 saturated carbocycles. The molecule has 0 amide bonds. The fraction of sp³-hybridized carbons (Fsp3) is 0.667. The average Bonchev–Trinajstić information content (AvgIpc) is 2.61. The molecule has 2 heterocycles. The number of benzene rings is 1. The Hall–Kier alpha value is -1.20. The molecule has 2 saturated heterocycles. The number of rotatable bonds is 6. The van der Waals surface area contributed by atoms with Crippen LogP contribution in [-0.2, 0) is 0 Å². The highest BCUT2D eigenvalue weighted by Gasteiger charge is 2.36. The van der Waals surface area contributed by atoms with E-state index in [1.165, 1.54) is 37.0 Å². The topological polar surface area (TPSA) is 39.7 Å². The van der Waals surface area contributed by atoms with Crippen LogP contribution in [-0.4, -0.2) is 54.4 Å². The maximum Gasteiger partial charge on any atom is 0.191 e. The highest BCUT2D eigenvalue weighted by Crippen LogP contribution is 2.32. The van der Waals surface area contributed by atoms with Crippen LogP contribution in [0.2, 0.25) is 0 Å². The first-order valence-corrected chi connectivity index (χ1v) is 11.0. The second-order valence-corrected chi connectivity index (χ2v) is 9.19. The second kappa shape index (κ2) is 9.65. The molecule has 1 aromatic rings. The van der Waals surface area contributed by atoms with Gasteiger partial charge in [0.25, 0.3) is 0 Å². The number of hydrogen-bond donors (Lipinski definition) is 2. The van der Waals surface area contributed by atoms with E-state index < -0.39 is 0 Å². The van der Waals surface area contributed by atoms with E-state index in [2.05, 4.69) is 66.8 Å². The van der Waals surface area contributed by atoms with Crippen LogP contribution in [0.25, 0.3) is 0 Å². The molecule has 3 atom stereocenters. The predicted molar refractivity (Wildman–Crippen MR) is 113 cm³/mol. The molecule has 2 aliphatic rings. The van der Waals surface area contributed by atoms with Gasteiger partial charge in [-0.15, -0.1) is 11.8 Å². The molecule has 0 aliphatic carbocycles. The number of nitrogens with one attached hydrogen (secondary N) is 2. The van der Waals surface area contributed by atoms with Crippen LogP contribution in [0.4, 0.5) is 0 Å². The Kier molecular flexibility index (Phi) is 7.26. The summed E-state index contributed by atoms with van der Waals surface area (Å²) in [5.74, 6) is 0.987. The number of fused-ring (bicyclic) bond motifs is 2. The Balaban J connectivity index is 1.53. The van der Waals surface area contributed by atoms with Gasteiger partial charge in [-0.25, -0.2) is 0 Å². The summed E-state index contributed by atoms with van der Waals surface area (Å²) in [5.41, 5.74) is 0. The van der Waals surface area contributed by atoms with Crippen LogP contribution < -0.4 is 10.6 Å². The fourth-order valence-electron chi connectivity index (χ4n) is 4.24. The highest BCUT2D eigenvalue weighted by molar-refractivity contribution is 8.00. The molecule has 4 nitrogen and oxygen atoms in total. The SMILES string of the molecule is CCNC(=NCC(C)Sc1ccccc1)NC1CC2CCCC(C1)N2C. The summed E-state index contributed by atoms with van der Waals surface area (Å²) in [6, 6.07) is 12.7. The van der Waals surface area contributed by atoms with Crippen LogP contribution in [0.3, 0.4) is 0 Å². The molecule has 0 spiro atoms. The normalized spacial score (nSPS) is 27.8. The predicted octanol–water partition coefficient (Wildman–Crippen LogP) is 3.74. The van der Waals surface area contributed by atoms with E-state index in [1.807, 2.05) is 11.8 Å². The summed E-state index contributed by atoms with van der Waals surface area (Å²) in [5, 5.41) is 7.63. The first-order chi connectivity index (χ1) is 12.7. The van der Waals surface area contributed by atoms with E-state index in [0.717, 1.165) is 31.1 Å². The van der Waals surface area contributed by atoms with Gasteiger partial charge in [-0.2, -0.15) is 0 Å². The van der Waals surface area contributed by atoms with Crippen LogP contribution in [0.1, 0.15) is 46.0 Å². The third kappa shape index (κ3) is 5.40. The largest absolute Gasteiger partial charge is 0.357 e. The van der Waals surface area contributed by atoms with Gasteiger partial charge in [0.05, 0.1) is 6.54 Å². The van der Waals surface area contributed by atoms with Crippen molar-refractivity contribution in [2.45, 2.75) is 74.2 Å². The van der Waals surface area contributed by atoms with Crippen molar-refractivity contribution in [1.82, 2.24) is 15.5 Å². The number of guanidine groups is 1. The van der Waals surface area contributed by atoms with E-state index >= 15 is 0 Å². The minimum atomic E-state index is 0.463. The average molecular weight is 375 g/mol. The molecule has 26 heavy (non-hydrogen) atoms. The van der Waals surface area contributed by atoms with E-state index in [1.54, 1.807) is 0 Å². The molecule has 2 fully saturated rings. The molecule has 3 unspecified atom stereocenters. The Bertz CT molecular complexity index is 563. The van der Waals surface area contributed by atoms with Crippen molar-refractivity contribution in [3.05, 3.63) is 30.3 Å². The van der Waals surface area contributed by atoms with Crippen molar-refractivity contribution >= 4 is 17.7 Å². The standard InChI is InChI=1S/C21H34N4S/c1-4-22-21(23-15-16(2)26-20-11-6-5-7-12-20)24-17-13-18-9-8-10-19(14-17)25(18)3/h5-7,11-12,16-19H,4,8-10,13-15H2,1-3H3,(H2,22,23,24). The summed E-state index contributed by atoms with van der Waals surface area (Å²) in [7, 11) is 2.31. The minimum absolute atomic E-state index is 0.463. The van der Waals surface area contributed by atoms with Crippen LogP contribution >= 0.6 is 11.8 Å². The second-order valence-electron chi connectivity index (χ2n) is 7.68. The van der Waals surface area contributed by atoms with Gasteiger partial charge in [-0.1, -0.05) is 31.5 Å². The number of hydrogen-bond acceptors (Lipinski definition) is 3. The first kappa shape index (κ1) is 19.6. The van der Waals surface area contributed by atoms with Crippen molar-refractivity contribution in [1.29, 1.82) is 0 Å². The molecule has 2 aliphatic heterocycles. The summed E-state index contributed by atoms with van der Waals surface area (Å²) in [6.45, 7) is 6.13. The third-order valence-corrected chi connectivity index (χ3v) is 6.71. The molecule has 0 radical (unpaired) electrons. The Morgan fingerprint density at radius 1 is 1.23 bits per heavy atom. The molecule has 2 N–H and O–H groups in total. The lowest BCUT2D eigenvalue weighted by atomic mass is 9.82. The highest BCUT2D eigenvalue weighted by atomic mass is 32.2. The zero-order chi connectivity index (χ0) is 18.4. The van der Waals surface area contributed by atoms with Crippen molar-refractivity contribution in [3.63, 3.8) is 0 Å². The zero-order valence-electron chi connectivity index (χ0n) is 16.4. The smallest absolute Gasteiger partial charge is 0.191 e. The molecule has 144 valence electrons. The Labute approximate surface area is 163 Å². The molecular weight excluding hydrogens is 340 g/mol. The monoisotopic (exact) mass is 374 g/mol. The number of aliphatic imine (C=N–C) groups is 1.